The van der Waals surface area contributed by atoms with Crippen LogP contribution >= 0.6 is 23.4 Å². The van der Waals surface area contributed by atoms with Crippen LogP contribution in [-0.4, -0.2) is 35.8 Å². The number of pyridine rings is 1. The fourth-order valence-corrected chi connectivity index (χ4v) is 3.32. The second-order valence-electron chi connectivity index (χ2n) is 5.77. The molecule has 0 saturated heterocycles. The monoisotopic (exact) mass is 418 g/mol. The number of halogens is 1. The highest BCUT2D eigenvalue weighted by Crippen LogP contribution is 2.29. The highest BCUT2D eigenvalue weighted by atomic mass is 35.5. The largest absolute Gasteiger partial charge is 0.324 e. The molecule has 0 aliphatic rings. The van der Waals surface area contributed by atoms with Crippen LogP contribution in [0.3, 0.4) is 0 Å². The topological polar surface area (TPSA) is 116 Å². The molecule has 2 aromatic heterocycles. The van der Waals surface area contributed by atoms with Crippen molar-refractivity contribution in [1.29, 1.82) is 0 Å². The number of benzene rings is 1. The summed E-state index contributed by atoms with van der Waals surface area (Å²) in [4.78, 5) is 26.8. The van der Waals surface area contributed by atoms with Gasteiger partial charge in [-0.25, -0.2) is 0 Å². The predicted molar refractivity (Wildman–Crippen MR) is 106 cm³/mol. The van der Waals surface area contributed by atoms with Gasteiger partial charge in [-0.15, -0.1) is 10.2 Å². The Hall–Kier alpha value is -2.98. The normalized spacial score (nSPS) is 11.8. The zero-order valence-corrected chi connectivity index (χ0v) is 16.4. The number of nitrogens with one attached hydrogen (secondary N) is 1. The van der Waals surface area contributed by atoms with Gasteiger partial charge in [-0.3, -0.25) is 19.9 Å². The van der Waals surface area contributed by atoms with Crippen molar-refractivity contribution in [2.75, 3.05) is 5.32 Å². The maximum atomic E-state index is 12.5. The summed E-state index contributed by atoms with van der Waals surface area (Å²) in [6.07, 6.45) is 3.32. The first-order valence-electron chi connectivity index (χ1n) is 8.08. The van der Waals surface area contributed by atoms with Crippen LogP contribution in [-0.2, 0) is 11.8 Å². The van der Waals surface area contributed by atoms with Gasteiger partial charge in [0, 0.05) is 37.1 Å². The molecular formula is C17H15ClN6O3S. The fraction of sp³-hybridized carbons (Fsp3) is 0.176. The molecule has 0 saturated carbocycles. The van der Waals surface area contributed by atoms with Gasteiger partial charge in [-0.1, -0.05) is 23.4 Å². The molecule has 0 bridgehead atoms. The van der Waals surface area contributed by atoms with Crippen LogP contribution in [0.15, 0.2) is 47.9 Å². The van der Waals surface area contributed by atoms with Crippen molar-refractivity contribution in [1.82, 2.24) is 19.7 Å². The van der Waals surface area contributed by atoms with Crippen LogP contribution in [0.1, 0.15) is 6.92 Å². The Morgan fingerprint density at radius 3 is 2.68 bits per heavy atom. The van der Waals surface area contributed by atoms with E-state index in [4.69, 9.17) is 11.6 Å². The van der Waals surface area contributed by atoms with Gasteiger partial charge in [-0.05, 0) is 25.1 Å². The Bertz CT molecular complexity index is 1030. The molecular weight excluding hydrogens is 404 g/mol. The lowest BCUT2D eigenvalue weighted by Crippen LogP contribution is -2.23. The van der Waals surface area contributed by atoms with Crippen LogP contribution in [0.25, 0.3) is 11.4 Å². The number of nitro benzene ring substituents is 1. The van der Waals surface area contributed by atoms with Crippen molar-refractivity contribution in [3.05, 3.63) is 57.9 Å². The van der Waals surface area contributed by atoms with E-state index in [0.717, 1.165) is 5.56 Å². The lowest BCUT2D eigenvalue weighted by molar-refractivity contribution is -0.384. The van der Waals surface area contributed by atoms with Gasteiger partial charge >= 0.3 is 0 Å². The van der Waals surface area contributed by atoms with Crippen molar-refractivity contribution in [3.8, 4) is 11.4 Å². The van der Waals surface area contributed by atoms with Gasteiger partial charge in [0.05, 0.1) is 20.9 Å². The zero-order chi connectivity index (χ0) is 20.3. The second-order valence-corrected chi connectivity index (χ2v) is 7.49. The van der Waals surface area contributed by atoms with Crippen molar-refractivity contribution >= 4 is 40.6 Å². The number of rotatable bonds is 6. The van der Waals surface area contributed by atoms with E-state index in [1.54, 1.807) is 30.9 Å². The molecule has 1 aromatic carbocycles. The molecule has 0 aliphatic carbocycles. The van der Waals surface area contributed by atoms with Gasteiger partial charge in [0.2, 0.25) is 5.91 Å². The molecule has 3 rings (SSSR count). The molecule has 0 spiro atoms. The number of anilines is 1. The molecule has 1 amide bonds. The summed E-state index contributed by atoms with van der Waals surface area (Å²) in [5.41, 5.74) is 0.886. The zero-order valence-electron chi connectivity index (χ0n) is 14.9. The summed E-state index contributed by atoms with van der Waals surface area (Å²) in [5, 5.41) is 22.1. The Morgan fingerprint density at radius 1 is 1.29 bits per heavy atom. The minimum absolute atomic E-state index is 0.157. The third kappa shape index (κ3) is 4.29. The van der Waals surface area contributed by atoms with Crippen LogP contribution in [0.2, 0.25) is 5.02 Å². The number of hydrogen-bond donors (Lipinski definition) is 1. The van der Waals surface area contributed by atoms with Crippen LogP contribution in [0.5, 0.6) is 0 Å². The molecule has 28 heavy (non-hydrogen) atoms. The third-order valence-corrected chi connectivity index (χ3v) is 5.31. The van der Waals surface area contributed by atoms with Gasteiger partial charge < -0.3 is 9.88 Å². The van der Waals surface area contributed by atoms with Crippen molar-refractivity contribution in [3.63, 3.8) is 0 Å². The first kappa shape index (κ1) is 19.8. The van der Waals surface area contributed by atoms with E-state index >= 15 is 0 Å². The average molecular weight is 419 g/mol. The minimum Gasteiger partial charge on any atom is -0.324 e. The maximum absolute atomic E-state index is 12.5. The Morgan fingerprint density at radius 2 is 2.00 bits per heavy atom. The number of carbonyl (C=O) groups is 1. The predicted octanol–water partition coefficient (Wildman–Crippen LogP) is 3.56. The molecule has 9 nitrogen and oxygen atoms in total. The van der Waals surface area contributed by atoms with E-state index in [1.165, 1.54) is 30.0 Å². The van der Waals surface area contributed by atoms with Crippen LogP contribution in [0.4, 0.5) is 11.4 Å². The smallest absolute Gasteiger partial charge is 0.271 e. The minimum atomic E-state index is -0.551. The number of nitrogens with zero attached hydrogens (tertiary/aromatic N) is 5. The lowest BCUT2D eigenvalue weighted by Gasteiger charge is -2.12. The summed E-state index contributed by atoms with van der Waals surface area (Å²) in [6, 6.07) is 7.51. The van der Waals surface area contributed by atoms with E-state index in [0.29, 0.717) is 11.0 Å². The second kappa shape index (κ2) is 8.36. The summed E-state index contributed by atoms with van der Waals surface area (Å²) in [5.74, 6) is 0.292. The highest BCUT2D eigenvalue weighted by molar-refractivity contribution is 8.00. The first-order chi connectivity index (χ1) is 13.4. The molecule has 2 heterocycles. The standard InChI is InChI=1S/C17H15ClN6O3S/c1-10(16(25)20-14-9-12(24(26)27)3-4-13(14)18)28-17-22-21-15(23(17)2)11-5-7-19-8-6-11/h3-10H,1-2H3,(H,20,25)/t10-/m1/s1. The maximum Gasteiger partial charge on any atom is 0.271 e. The summed E-state index contributed by atoms with van der Waals surface area (Å²) >= 11 is 7.24. The Balaban J connectivity index is 1.73. The Labute approximate surface area is 169 Å². The van der Waals surface area contributed by atoms with Crippen molar-refractivity contribution in [2.24, 2.45) is 7.05 Å². The van der Waals surface area contributed by atoms with Crippen LogP contribution < -0.4 is 5.32 Å². The van der Waals surface area contributed by atoms with E-state index in [1.807, 2.05) is 12.1 Å². The van der Waals surface area contributed by atoms with E-state index in [2.05, 4.69) is 20.5 Å². The molecule has 144 valence electrons. The fourth-order valence-electron chi connectivity index (χ4n) is 2.34. The molecule has 1 N–H and O–H groups in total. The van der Waals surface area contributed by atoms with Crippen molar-refractivity contribution < 1.29 is 9.72 Å². The molecule has 0 aliphatic heterocycles. The summed E-state index contributed by atoms with van der Waals surface area (Å²) in [7, 11) is 1.81. The molecule has 11 heteroatoms. The molecule has 1 atom stereocenters. The number of non-ortho nitro benzene ring substituents is 1. The number of carbonyl (C=O) groups excluding carboxylic acids is 1. The molecule has 0 unspecified atom stereocenters. The molecule has 0 fully saturated rings. The average Bonchev–Trinajstić information content (AvgIpc) is 3.04. The van der Waals surface area contributed by atoms with Crippen molar-refractivity contribution in [2.45, 2.75) is 17.3 Å². The van der Waals surface area contributed by atoms with E-state index < -0.39 is 10.2 Å². The SMILES string of the molecule is C[C@@H](Sc1nnc(-c2ccncc2)n1C)C(=O)Nc1cc([N+](=O)[O-])ccc1Cl. The summed E-state index contributed by atoms with van der Waals surface area (Å²) < 4.78 is 1.78. The quantitative estimate of drug-likeness (QED) is 0.369. The van der Waals surface area contributed by atoms with Crippen LogP contribution in [0, 0.1) is 10.1 Å². The number of aromatic nitrogens is 4. The van der Waals surface area contributed by atoms with E-state index in [-0.39, 0.29) is 22.3 Å². The van der Waals surface area contributed by atoms with Gasteiger partial charge in [0.1, 0.15) is 0 Å². The van der Waals surface area contributed by atoms with Gasteiger partial charge in [0.25, 0.3) is 5.69 Å². The number of nitro groups is 1. The van der Waals surface area contributed by atoms with Gasteiger partial charge in [0.15, 0.2) is 11.0 Å². The highest BCUT2D eigenvalue weighted by Gasteiger charge is 2.21. The lowest BCUT2D eigenvalue weighted by atomic mass is 10.2. The van der Waals surface area contributed by atoms with Gasteiger partial charge in [-0.2, -0.15) is 0 Å². The number of thioether (sulfide) groups is 1. The Kier molecular flexibility index (Phi) is 5.90. The number of hydrogen-bond acceptors (Lipinski definition) is 7. The first-order valence-corrected chi connectivity index (χ1v) is 9.34. The molecule has 3 aromatic rings. The summed E-state index contributed by atoms with van der Waals surface area (Å²) in [6.45, 7) is 1.70. The molecule has 0 radical (unpaired) electrons. The third-order valence-electron chi connectivity index (χ3n) is 3.84. The van der Waals surface area contributed by atoms with E-state index in [9.17, 15) is 14.9 Å². The number of amides is 1.